The number of hydrogen-bond acceptors (Lipinski definition) is 5. The molecule has 6 heteroatoms. The largest absolute Gasteiger partial charge is 0.497 e. The number of aryl methyl sites for hydroxylation is 1. The molecule has 1 aliphatic heterocycles. The van der Waals surface area contributed by atoms with E-state index < -0.39 is 0 Å². The molecule has 0 unspecified atom stereocenters. The molecule has 2 heterocycles. The Morgan fingerprint density at radius 3 is 2.42 bits per heavy atom. The van der Waals surface area contributed by atoms with Gasteiger partial charge in [-0.1, -0.05) is 0 Å². The molecule has 0 bridgehead atoms. The SMILES string of the molecule is COc1ccc(N2CCN(CC(=O)N(C)Cc3sccc3C)CC2)cc1. The van der Waals surface area contributed by atoms with Gasteiger partial charge in [-0.25, -0.2) is 0 Å². The predicted octanol–water partition coefficient (Wildman–Crippen LogP) is 2.85. The fourth-order valence-corrected chi connectivity index (χ4v) is 4.10. The van der Waals surface area contributed by atoms with Crippen molar-refractivity contribution in [3.8, 4) is 5.75 Å². The first-order valence-corrected chi connectivity index (χ1v) is 9.83. The van der Waals surface area contributed by atoms with E-state index in [0.29, 0.717) is 13.1 Å². The maximum Gasteiger partial charge on any atom is 0.236 e. The number of piperazine rings is 1. The lowest BCUT2D eigenvalue weighted by Gasteiger charge is -2.36. The van der Waals surface area contributed by atoms with E-state index in [9.17, 15) is 4.79 Å². The second-order valence-corrected chi connectivity index (χ2v) is 7.74. The van der Waals surface area contributed by atoms with Crippen LogP contribution in [0.1, 0.15) is 10.4 Å². The first-order valence-electron chi connectivity index (χ1n) is 8.95. The lowest BCUT2D eigenvalue weighted by Crippen LogP contribution is -2.49. The highest BCUT2D eigenvalue weighted by Gasteiger charge is 2.21. The average molecular weight is 374 g/mol. The third kappa shape index (κ3) is 4.56. The van der Waals surface area contributed by atoms with E-state index in [2.05, 4.69) is 40.3 Å². The number of carbonyl (C=O) groups is 1. The van der Waals surface area contributed by atoms with Gasteiger partial charge >= 0.3 is 0 Å². The normalized spacial score (nSPS) is 15.1. The predicted molar refractivity (Wildman–Crippen MR) is 107 cm³/mol. The summed E-state index contributed by atoms with van der Waals surface area (Å²) in [6.07, 6.45) is 0. The Morgan fingerprint density at radius 1 is 1.15 bits per heavy atom. The minimum atomic E-state index is 0.190. The summed E-state index contributed by atoms with van der Waals surface area (Å²) < 4.78 is 5.22. The van der Waals surface area contributed by atoms with Gasteiger partial charge in [-0.2, -0.15) is 0 Å². The highest BCUT2D eigenvalue weighted by Crippen LogP contribution is 2.21. The van der Waals surface area contributed by atoms with E-state index >= 15 is 0 Å². The van der Waals surface area contributed by atoms with Gasteiger partial charge in [-0.3, -0.25) is 9.69 Å². The number of ether oxygens (including phenoxy) is 1. The number of likely N-dealkylation sites (N-methyl/N-ethyl adjacent to an activating group) is 1. The van der Waals surface area contributed by atoms with Crippen LogP contribution in [0.2, 0.25) is 0 Å². The molecule has 1 aliphatic rings. The molecule has 1 fully saturated rings. The summed E-state index contributed by atoms with van der Waals surface area (Å²) in [5.41, 5.74) is 2.48. The molecule has 3 rings (SSSR count). The van der Waals surface area contributed by atoms with Crippen LogP contribution in [0.25, 0.3) is 0 Å². The molecule has 0 aliphatic carbocycles. The van der Waals surface area contributed by atoms with Gasteiger partial charge in [0.25, 0.3) is 0 Å². The quantitative estimate of drug-likeness (QED) is 0.780. The Hall–Kier alpha value is -2.05. The third-order valence-electron chi connectivity index (χ3n) is 4.94. The van der Waals surface area contributed by atoms with Gasteiger partial charge in [0.2, 0.25) is 5.91 Å². The first kappa shape index (κ1) is 18.7. The molecule has 0 spiro atoms. The van der Waals surface area contributed by atoms with Crippen LogP contribution in [0.15, 0.2) is 35.7 Å². The average Bonchev–Trinajstić information content (AvgIpc) is 3.07. The third-order valence-corrected chi connectivity index (χ3v) is 5.95. The van der Waals surface area contributed by atoms with Crippen molar-refractivity contribution in [2.45, 2.75) is 13.5 Å². The molecule has 0 saturated carbocycles. The summed E-state index contributed by atoms with van der Waals surface area (Å²) in [4.78, 5) is 20.3. The monoisotopic (exact) mass is 373 g/mol. The number of rotatable bonds is 6. The number of nitrogens with zero attached hydrogens (tertiary/aromatic N) is 3. The molecule has 1 amide bonds. The Bertz CT molecular complexity index is 721. The van der Waals surface area contributed by atoms with Crippen molar-refractivity contribution in [2.24, 2.45) is 0 Å². The van der Waals surface area contributed by atoms with Crippen molar-refractivity contribution in [1.82, 2.24) is 9.80 Å². The zero-order valence-corrected chi connectivity index (χ0v) is 16.6. The van der Waals surface area contributed by atoms with E-state index in [1.54, 1.807) is 18.4 Å². The van der Waals surface area contributed by atoms with E-state index in [1.807, 2.05) is 24.1 Å². The summed E-state index contributed by atoms with van der Waals surface area (Å²) >= 11 is 1.72. The van der Waals surface area contributed by atoms with Crippen LogP contribution in [0.5, 0.6) is 5.75 Å². The fourth-order valence-electron chi connectivity index (χ4n) is 3.14. The molecule has 5 nitrogen and oxygen atoms in total. The van der Waals surface area contributed by atoms with E-state index in [0.717, 1.165) is 31.9 Å². The molecule has 1 aromatic carbocycles. The standard InChI is InChI=1S/C20H27N3O2S/c1-16-8-13-26-19(16)14-21(2)20(24)15-22-9-11-23(12-10-22)17-4-6-18(25-3)7-5-17/h4-8,13H,9-12,14-15H2,1-3H3. The van der Waals surface area contributed by atoms with Crippen molar-refractivity contribution >= 4 is 22.9 Å². The molecule has 140 valence electrons. The summed E-state index contributed by atoms with van der Waals surface area (Å²) in [6, 6.07) is 10.3. The molecule has 1 aromatic heterocycles. The molecule has 26 heavy (non-hydrogen) atoms. The van der Waals surface area contributed by atoms with E-state index in [1.165, 1.54) is 16.1 Å². The highest BCUT2D eigenvalue weighted by molar-refractivity contribution is 7.10. The minimum absolute atomic E-state index is 0.190. The Kier molecular flexibility index (Phi) is 6.16. The molecular weight excluding hydrogens is 346 g/mol. The van der Waals surface area contributed by atoms with Crippen molar-refractivity contribution < 1.29 is 9.53 Å². The van der Waals surface area contributed by atoms with Crippen LogP contribution in [0, 0.1) is 6.92 Å². The molecular formula is C20H27N3O2S. The Balaban J connectivity index is 1.47. The fraction of sp³-hybridized carbons (Fsp3) is 0.450. The topological polar surface area (TPSA) is 36.0 Å². The van der Waals surface area contributed by atoms with Gasteiger partial charge in [0.1, 0.15) is 5.75 Å². The second kappa shape index (κ2) is 8.56. The minimum Gasteiger partial charge on any atom is -0.497 e. The maximum atomic E-state index is 12.5. The summed E-state index contributed by atoms with van der Waals surface area (Å²) in [5.74, 6) is 1.07. The van der Waals surface area contributed by atoms with Crippen LogP contribution in [0.4, 0.5) is 5.69 Å². The van der Waals surface area contributed by atoms with Gasteiger partial charge < -0.3 is 14.5 Å². The molecule has 1 saturated heterocycles. The Morgan fingerprint density at radius 2 is 1.85 bits per heavy atom. The Labute approximate surface area is 159 Å². The van der Waals surface area contributed by atoms with Crippen LogP contribution in [-0.2, 0) is 11.3 Å². The highest BCUT2D eigenvalue weighted by atomic mass is 32.1. The lowest BCUT2D eigenvalue weighted by molar-refractivity contribution is -0.131. The van der Waals surface area contributed by atoms with Crippen molar-refractivity contribution in [2.75, 3.05) is 51.8 Å². The summed E-state index contributed by atoms with van der Waals surface area (Å²) in [6.45, 7) is 6.99. The summed E-state index contributed by atoms with van der Waals surface area (Å²) in [5, 5.41) is 2.08. The number of thiophene rings is 1. The van der Waals surface area contributed by atoms with Crippen molar-refractivity contribution in [3.05, 3.63) is 46.2 Å². The van der Waals surface area contributed by atoms with E-state index in [4.69, 9.17) is 4.74 Å². The molecule has 0 N–H and O–H groups in total. The molecule has 0 atom stereocenters. The number of methoxy groups -OCH3 is 1. The van der Waals surface area contributed by atoms with Gasteiger partial charge in [-0.05, 0) is 48.2 Å². The zero-order valence-electron chi connectivity index (χ0n) is 15.8. The van der Waals surface area contributed by atoms with Gasteiger partial charge in [-0.15, -0.1) is 11.3 Å². The number of amides is 1. The van der Waals surface area contributed by atoms with Crippen LogP contribution in [0.3, 0.4) is 0 Å². The number of anilines is 1. The van der Waals surface area contributed by atoms with E-state index in [-0.39, 0.29) is 5.91 Å². The molecule has 0 radical (unpaired) electrons. The van der Waals surface area contributed by atoms with Crippen molar-refractivity contribution in [1.29, 1.82) is 0 Å². The maximum absolute atomic E-state index is 12.5. The number of hydrogen-bond donors (Lipinski definition) is 0. The zero-order chi connectivity index (χ0) is 18.5. The van der Waals surface area contributed by atoms with Crippen LogP contribution >= 0.6 is 11.3 Å². The van der Waals surface area contributed by atoms with Gasteiger partial charge in [0, 0.05) is 43.8 Å². The number of carbonyl (C=O) groups excluding carboxylic acids is 1. The van der Waals surface area contributed by atoms with Crippen LogP contribution in [-0.4, -0.2) is 62.6 Å². The molecule has 2 aromatic rings. The lowest BCUT2D eigenvalue weighted by atomic mass is 10.2. The van der Waals surface area contributed by atoms with Gasteiger partial charge in [0.15, 0.2) is 0 Å². The first-order chi connectivity index (χ1) is 12.6. The smallest absolute Gasteiger partial charge is 0.236 e. The van der Waals surface area contributed by atoms with Crippen molar-refractivity contribution in [3.63, 3.8) is 0 Å². The second-order valence-electron chi connectivity index (χ2n) is 6.74. The number of benzene rings is 1. The van der Waals surface area contributed by atoms with Gasteiger partial charge in [0.05, 0.1) is 20.2 Å². The van der Waals surface area contributed by atoms with Crippen LogP contribution < -0.4 is 9.64 Å². The summed E-state index contributed by atoms with van der Waals surface area (Å²) in [7, 11) is 3.58.